The van der Waals surface area contributed by atoms with E-state index in [2.05, 4.69) is 0 Å². The van der Waals surface area contributed by atoms with Gasteiger partial charge in [-0.3, -0.25) is 4.79 Å². The fourth-order valence-electron chi connectivity index (χ4n) is 4.20. The van der Waals surface area contributed by atoms with Crippen molar-refractivity contribution in [1.82, 2.24) is 4.90 Å². The van der Waals surface area contributed by atoms with Gasteiger partial charge in [0.15, 0.2) is 0 Å². The predicted molar refractivity (Wildman–Crippen MR) is 82.7 cm³/mol. The van der Waals surface area contributed by atoms with Crippen LogP contribution in [0.2, 0.25) is 0 Å². The fraction of sp³-hybridized carbons (Fsp3) is 0.556. The highest BCUT2D eigenvalue weighted by Crippen LogP contribution is 2.60. The molecule has 1 aromatic rings. The topological polar surface area (TPSA) is 66.8 Å². The molecule has 0 unspecified atom stereocenters. The van der Waals surface area contributed by atoms with E-state index in [4.69, 9.17) is 4.74 Å². The number of hydrogen-bond donors (Lipinski definition) is 1. The number of hydrogen-bond acceptors (Lipinski definition) is 3. The van der Waals surface area contributed by atoms with Crippen LogP contribution >= 0.6 is 0 Å². The molecule has 122 valence electrons. The van der Waals surface area contributed by atoms with Crippen LogP contribution in [0.1, 0.15) is 30.4 Å². The van der Waals surface area contributed by atoms with Crippen LogP contribution in [0.3, 0.4) is 0 Å². The minimum Gasteiger partial charge on any atom is -0.480 e. The summed E-state index contributed by atoms with van der Waals surface area (Å²) in [7, 11) is 0. The molecule has 5 heteroatoms. The number of nitrogens with zero attached hydrogens (tertiary/aromatic N) is 1. The molecule has 1 aromatic carbocycles. The predicted octanol–water partition coefficient (Wildman–Crippen LogP) is 1.84. The van der Waals surface area contributed by atoms with E-state index in [1.807, 2.05) is 24.3 Å². The van der Waals surface area contributed by atoms with Gasteiger partial charge >= 0.3 is 5.97 Å². The van der Waals surface area contributed by atoms with Crippen molar-refractivity contribution in [2.24, 2.45) is 11.3 Å². The van der Waals surface area contributed by atoms with Gasteiger partial charge in [-0.2, -0.15) is 0 Å². The molecule has 0 radical (unpaired) electrons. The Hall–Kier alpha value is -1.88. The molecule has 1 aliphatic carbocycles. The second-order valence-electron chi connectivity index (χ2n) is 7.02. The van der Waals surface area contributed by atoms with Crippen LogP contribution in [0.25, 0.3) is 0 Å². The first-order valence-electron chi connectivity index (χ1n) is 8.28. The Bertz CT molecular complexity index is 650. The zero-order valence-corrected chi connectivity index (χ0v) is 13.0. The first kappa shape index (κ1) is 14.7. The summed E-state index contributed by atoms with van der Waals surface area (Å²) in [6, 6.07) is 7.08. The Kier molecular flexibility index (Phi) is 3.41. The number of amides is 1. The van der Waals surface area contributed by atoms with Crippen LogP contribution in [-0.2, 0) is 27.3 Å². The molecule has 1 saturated heterocycles. The summed E-state index contributed by atoms with van der Waals surface area (Å²) in [4.78, 5) is 26.3. The van der Waals surface area contributed by atoms with Gasteiger partial charge < -0.3 is 14.7 Å². The first-order chi connectivity index (χ1) is 11.1. The lowest BCUT2D eigenvalue weighted by atomic mass is 9.91. The van der Waals surface area contributed by atoms with Gasteiger partial charge in [0.25, 0.3) is 0 Å². The average Bonchev–Trinajstić information content (AvgIpc) is 3.26. The summed E-state index contributed by atoms with van der Waals surface area (Å²) in [6.07, 6.45) is 3.14. The van der Waals surface area contributed by atoms with Crippen molar-refractivity contribution < 1.29 is 19.4 Å². The zero-order chi connectivity index (χ0) is 16.0. The fourth-order valence-corrected chi connectivity index (χ4v) is 4.20. The molecule has 0 bridgehead atoms. The van der Waals surface area contributed by atoms with Gasteiger partial charge in [0.2, 0.25) is 5.91 Å². The van der Waals surface area contributed by atoms with Gasteiger partial charge in [0.1, 0.15) is 6.04 Å². The number of rotatable bonds is 2. The van der Waals surface area contributed by atoms with E-state index >= 15 is 0 Å². The Morgan fingerprint density at radius 1 is 1.17 bits per heavy atom. The Labute approximate surface area is 135 Å². The number of fused-ring (bicyclic) bond motifs is 1. The molecule has 1 N–H and O–H groups in total. The van der Waals surface area contributed by atoms with E-state index < -0.39 is 12.0 Å². The number of ether oxygens (including phenoxy) is 1. The SMILES string of the molecule is O=C(O)[C@H]1Cc2ccccc2CN1C(=O)[C@H]1CC12CCOCC2. The van der Waals surface area contributed by atoms with E-state index in [1.165, 1.54) is 0 Å². The highest BCUT2D eigenvalue weighted by molar-refractivity contribution is 5.88. The summed E-state index contributed by atoms with van der Waals surface area (Å²) in [6.45, 7) is 1.85. The van der Waals surface area contributed by atoms with Crippen LogP contribution < -0.4 is 0 Å². The molecule has 1 spiro atoms. The van der Waals surface area contributed by atoms with E-state index in [1.54, 1.807) is 4.90 Å². The first-order valence-corrected chi connectivity index (χ1v) is 8.28. The van der Waals surface area contributed by atoms with Crippen LogP contribution in [0.4, 0.5) is 0 Å². The molecule has 0 aromatic heterocycles. The maximum atomic E-state index is 13.0. The van der Waals surface area contributed by atoms with E-state index in [-0.39, 0.29) is 17.2 Å². The van der Waals surface area contributed by atoms with E-state index in [0.29, 0.717) is 13.0 Å². The third kappa shape index (κ3) is 2.43. The minimum atomic E-state index is -0.908. The number of carboxylic acids is 1. The summed E-state index contributed by atoms with van der Waals surface area (Å²) in [5.41, 5.74) is 2.19. The molecule has 2 atom stereocenters. The normalized spacial score (nSPS) is 28.3. The van der Waals surface area contributed by atoms with Crippen molar-refractivity contribution in [1.29, 1.82) is 0 Å². The van der Waals surface area contributed by atoms with E-state index in [9.17, 15) is 14.7 Å². The van der Waals surface area contributed by atoms with Gasteiger partial charge in [-0.15, -0.1) is 0 Å². The van der Waals surface area contributed by atoms with Crippen molar-refractivity contribution in [3.8, 4) is 0 Å². The molecule has 2 heterocycles. The lowest BCUT2D eigenvalue weighted by Crippen LogP contribution is -2.49. The van der Waals surface area contributed by atoms with Crippen LogP contribution in [0.15, 0.2) is 24.3 Å². The molecule has 2 aliphatic heterocycles. The summed E-state index contributed by atoms with van der Waals surface area (Å²) >= 11 is 0. The number of carbonyl (C=O) groups is 2. The monoisotopic (exact) mass is 315 g/mol. The molecular weight excluding hydrogens is 294 g/mol. The number of carbonyl (C=O) groups excluding carboxylic acids is 1. The van der Waals surface area contributed by atoms with Gasteiger partial charge in [-0.05, 0) is 35.8 Å². The van der Waals surface area contributed by atoms with Gasteiger partial charge in [0, 0.05) is 32.1 Å². The summed E-state index contributed by atoms with van der Waals surface area (Å²) in [5.74, 6) is -0.901. The second-order valence-corrected chi connectivity index (χ2v) is 7.02. The smallest absolute Gasteiger partial charge is 0.326 e. The third-order valence-corrected chi connectivity index (χ3v) is 5.79. The van der Waals surface area contributed by atoms with Gasteiger partial charge in [-0.25, -0.2) is 4.79 Å². The average molecular weight is 315 g/mol. The van der Waals surface area contributed by atoms with Crippen LogP contribution in [0.5, 0.6) is 0 Å². The molecule has 4 rings (SSSR count). The molecule has 5 nitrogen and oxygen atoms in total. The highest BCUT2D eigenvalue weighted by Gasteiger charge is 2.59. The Balaban J connectivity index is 1.57. The summed E-state index contributed by atoms with van der Waals surface area (Å²) in [5, 5.41) is 9.57. The van der Waals surface area contributed by atoms with Crippen molar-refractivity contribution in [3.63, 3.8) is 0 Å². The standard InChI is InChI=1S/C18H21NO4/c20-16(14-10-18(14)5-7-23-8-6-18)19-11-13-4-2-1-3-12(13)9-15(19)17(21)22/h1-4,14-15H,5-11H2,(H,21,22)/t14-,15-/m1/s1. The number of aliphatic carboxylic acids is 1. The van der Waals surface area contributed by atoms with Crippen LogP contribution in [-0.4, -0.2) is 41.1 Å². The van der Waals surface area contributed by atoms with Crippen molar-refractivity contribution in [2.45, 2.75) is 38.3 Å². The van der Waals surface area contributed by atoms with Crippen molar-refractivity contribution in [2.75, 3.05) is 13.2 Å². The molecular formula is C18H21NO4. The van der Waals surface area contributed by atoms with Crippen LogP contribution in [0, 0.1) is 11.3 Å². The lowest BCUT2D eigenvalue weighted by Gasteiger charge is -2.35. The number of carboxylic acid groups (broad SMARTS) is 1. The summed E-state index contributed by atoms with van der Waals surface area (Å²) < 4.78 is 5.41. The lowest BCUT2D eigenvalue weighted by molar-refractivity contribution is -0.152. The Morgan fingerprint density at radius 2 is 1.87 bits per heavy atom. The zero-order valence-electron chi connectivity index (χ0n) is 13.0. The molecule has 1 amide bonds. The van der Waals surface area contributed by atoms with E-state index in [0.717, 1.165) is 43.6 Å². The number of benzene rings is 1. The third-order valence-electron chi connectivity index (χ3n) is 5.79. The van der Waals surface area contributed by atoms with Crippen molar-refractivity contribution in [3.05, 3.63) is 35.4 Å². The van der Waals surface area contributed by atoms with Crippen molar-refractivity contribution >= 4 is 11.9 Å². The molecule has 1 saturated carbocycles. The quantitative estimate of drug-likeness (QED) is 0.904. The maximum Gasteiger partial charge on any atom is 0.326 e. The Morgan fingerprint density at radius 3 is 2.57 bits per heavy atom. The molecule has 3 aliphatic rings. The minimum absolute atomic E-state index is 0.0153. The molecule has 2 fully saturated rings. The largest absolute Gasteiger partial charge is 0.480 e. The van der Waals surface area contributed by atoms with Gasteiger partial charge in [-0.1, -0.05) is 24.3 Å². The second kappa shape index (κ2) is 5.34. The van der Waals surface area contributed by atoms with Gasteiger partial charge in [0.05, 0.1) is 0 Å². The highest BCUT2D eigenvalue weighted by atomic mass is 16.5. The maximum absolute atomic E-state index is 13.0. The molecule has 23 heavy (non-hydrogen) atoms.